The Kier molecular flexibility index (Phi) is 3.09. The molecule has 1 aliphatic rings. The highest BCUT2D eigenvalue weighted by atomic mass is 16.3. The number of rotatable bonds is 2. The normalized spacial score (nSPS) is 18.6. The molecule has 0 aliphatic carbocycles. The molecule has 1 amide bonds. The van der Waals surface area contributed by atoms with Crippen molar-refractivity contribution in [3.8, 4) is 5.75 Å². The van der Waals surface area contributed by atoms with Crippen LogP contribution < -0.4 is 10.6 Å². The second-order valence-electron chi connectivity index (χ2n) is 4.82. The molecule has 1 heterocycles. The third-order valence-corrected chi connectivity index (χ3v) is 3.53. The zero-order chi connectivity index (χ0) is 13.2. The van der Waals surface area contributed by atoms with Crippen LogP contribution in [0.15, 0.2) is 36.4 Å². The Labute approximate surface area is 111 Å². The van der Waals surface area contributed by atoms with Crippen LogP contribution in [0.3, 0.4) is 0 Å². The standard InChI is InChI=1S/C15H16N2O2/c18-14-8-2-4-10-11(14)5-1-6-12(10)17-15(19)13-7-3-9-16-13/h1-2,4-6,8,13,16,18H,3,7,9H2,(H,17,19). The highest BCUT2D eigenvalue weighted by molar-refractivity contribution is 6.05. The fourth-order valence-electron chi connectivity index (χ4n) is 2.53. The molecule has 3 N–H and O–H groups in total. The summed E-state index contributed by atoms with van der Waals surface area (Å²) in [6, 6.07) is 10.7. The molecule has 98 valence electrons. The number of fused-ring (bicyclic) bond motifs is 1. The maximum atomic E-state index is 12.1. The van der Waals surface area contributed by atoms with Crippen LogP contribution in [-0.4, -0.2) is 23.6 Å². The van der Waals surface area contributed by atoms with E-state index in [9.17, 15) is 9.90 Å². The van der Waals surface area contributed by atoms with Gasteiger partial charge in [-0.05, 0) is 31.5 Å². The van der Waals surface area contributed by atoms with E-state index < -0.39 is 0 Å². The number of hydrogen-bond acceptors (Lipinski definition) is 3. The summed E-state index contributed by atoms with van der Waals surface area (Å²) in [4.78, 5) is 12.1. The van der Waals surface area contributed by atoms with Gasteiger partial charge >= 0.3 is 0 Å². The number of amides is 1. The summed E-state index contributed by atoms with van der Waals surface area (Å²) in [7, 11) is 0. The van der Waals surface area contributed by atoms with E-state index in [0.29, 0.717) is 0 Å². The third-order valence-electron chi connectivity index (χ3n) is 3.53. The average molecular weight is 256 g/mol. The molecule has 0 radical (unpaired) electrons. The SMILES string of the molecule is O=C(Nc1cccc2c(O)cccc12)C1CCCN1. The highest BCUT2D eigenvalue weighted by Gasteiger charge is 2.22. The quantitative estimate of drug-likeness (QED) is 0.772. The van der Waals surface area contributed by atoms with Crippen LogP contribution in [0.25, 0.3) is 10.8 Å². The molecule has 0 saturated carbocycles. The molecule has 2 aromatic carbocycles. The van der Waals surface area contributed by atoms with Crippen molar-refractivity contribution in [2.75, 3.05) is 11.9 Å². The van der Waals surface area contributed by atoms with Crippen molar-refractivity contribution in [2.24, 2.45) is 0 Å². The second kappa shape index (κ2) is 4.90. The first-order chi connectivity index (χ1) is 9.25. The van der Waals surface area contributed by atoms with Crippen molar-refractivity contribution in [1.29, 1.82) is 0 Å². The topological polar surface area (TPSA) is 61.4 Å². The van der Waals surface area contributed by atoms with Gasteiger partial charge in [0.15, 0.2) is 0 Å². The van der Waals surface area contributed by atoms with Crippen molar-refractivity contribution in [3.05, 3.63) is 36.4 Å². The number of phenolic OH excluding ortho intramolecular Hbond substituents is 1. The fourth-order valence-corrected chi connectivity index (χ4v) is 2.53. The van der Waals surface area contributed by atoms with Gasteiger partial charge in [-0.15, -0.1) is 0 Å². The van der Waals surface area contributed by atoms with Gasteiger partial charge in [-0.3, -0.25) is 4.79 Å². The molecule has 0 bridgehead atoms. The number of benzene rings is 2. The highest BCUT2D eigenvalue weighted by Crippen LogP contribution is 2.29. The molecule has 4 heteroatoms. The van der Waals surface area contributed by atoms with Crippen LogP contribution in [0.5, 0.6) is 5.75 Å². The Balaban J connectivity index is 1.92. The number of carbonyl (C=O) groups excluding carboxylic acids is 1. The average Bonchev–Trinajstić information content (AvgIpc) is 2.94. The first-order valence-electron chi connectivity index (χ1n) is 6.50. The number of anilines is 1. The van der Waals surface area contributed by atoms with E-state index in [1.54, 1.807) is 12.1 Å². The lowest BCUT2D eigenvalue weighted by Crippen LogP contribution is -2.35. The molecule has 1 aliphatic heterocycles. The summed E-state index contributed by atoms with van der Waals surface area (Å²) in [5.74, 6) is 0.223. The summed E-state index contributed by atoms with van der Waals surface area (Å²) in [6.07, 6.45) is 1.91. The summed E-state index contributed by atoms with van der Waals surface area (Å²) in [6.45, 7) is 0.897. The van der Waals surface area contributed by atoms with Gasteiger partial charge < -0.3 is 15.7 Å². The van der Waals surface area contributed by atoms with Crippen molar-refractivity contribution >= 4 is 22.4 Å². The van der Waals surface area contributed by atoms with E-state index in [1.165, 1.54) is 0 Å². The predicted molar refractivity (Wildman–Crippen MR) is 75.3 cm³/mol. The Morgan fingerprint density at radius 2 is 2.00 bits per heavy atom. The molecule has 1 atom stereocenters. The summed E-state index contributed by atoms with van der Waals surface area (Å²) in [5.41, 5.74) is 0.743. The Hall–Kier alpha value is -2.07. The first kappa shape index (κ1) is 12.0. The summed E-state index contributed by atoms with van der Waals surface area (Å²) in [5, 5.41) is 17.5. The van der Waals surface area contributed by atoms with Gasteiger partial charge in [-0.1, -0.05) is 24.3 Å². The van der Waals surface area contributed by atoms with Crippen LogP contribution in [0.4, 0.5) is 5.69 Å². The van der Waals surface area contributed by atoms with Crippen LogP contribution >= 0.6 is 0 Å². The molecule has 0 aromatic heterocycles. The third kappa shape index (κ3) is 2.27. The van der Waals surface area contributed by atoms with Crippen molar-refractivity contribution in [1.82, 2.24) is 5.32 Å². The summed E-state index contributed by atoms with van der Waals surface area (Å²) < 4.78 is 0. The smallest absolute Gasteiger partial charge is 0.241 e. The zero-order valence-electron chi connectivity index (χ0n) is 10.5. The minimum Gasteiger partial charge on any atom is -0.507 e. The number of carbonyl (C=O) groups is 1. The van der Waals surface area contributed by atoms with Gasteiger partial charge in [0.25, 0.3) is 0 Å². The maximum Gasteiger partial charge on any atom is 0.241 e. The van der Waals surface area contributed by atoms with Gasteiger partial charge in [0, 0.05) is 16.5 Å². The van der Waals surface area contributed by atoms with E-state index in [1.807, 2.05) is 24.3 Å². The fraction of sp³-hybridized carbons (Fsp3) is 0.267. The summed E-state index contributed by atoms with van der Waals surface area (Å²) >= 11 is 0. The van der Waals surface area contributed by atoms with E-state index in [4.69, 9.17) is 0 Å². The van der Waals surface area contributed by atoms with Crippen molar-refractivity contribution in [3.63, 3.8) is 0 Å². The minimum atomic E-state index is -0.104. The van der Waals surface area contributed by atoms with E-state index in [0.717, 1.165) is 35.8 Å². The van der Waals surface area contributed by atoms with Crippen LogP contribution in [0.1, 0.15) is 12.8 Å². The minimum absolute atomic E-state index is 0.00616. The van der Waals surface area contributed by atoms with E-state index in [-0.39, 0.29) is 17.7 Å². The molecule has 1 saturated heterocycles. The number of phenols is 1. The molecule has 3 rings (SSSR count). The van der Waals surface area contributed by atoms with Gasteiger partial charge in [-0.2, -0.15) is 0 Å². The Morgan fingerprint density at radius 3 is 2.79 bits per heavy atom. The van der Waals surface area contributed by atoms with Crippen LogP contribution in [0, 0.1) is 0 Å². The molecular formula is C15H16N2O2. The molecule has 1 unspecified atom stereocenters. The lowest BCUT2D eigenvalue weighted by Gasteiger charge is -2.13. The van der Waals surface area contributed by atoms with Gasteiger partial charge in [-0.25, -0.2) is 0 Å². The number of aromatic hydroxyl groups is 1. The number of nitrogens with one attached hydrogen (secondary N) is 2. The number of hydrogen-bond donors (Lipinski definition) is 3. The molecular weight excluding hydrogens is 240 g/mol. The van der Waals surface area contributed by atoms with Gasteiger partial charge in [0.1, 0.15) is 5.75 Å². The van der Waals surface area contributed by atoms with Gasteiger partial charge in [0.05, 0.1) is 6.04 Å². The molecule has 2 aromatic rings. The lowest BCUT2D eigenvalue weighted by atomic mass is 10.1. The van der Waals surface area contributed by atoms with Crippen LogP contribution in [-0.2, 0) is 4.79 Å². The maximum absolute atomic E-state index is 12.1. The molecule has 19 heavy (non-hydrogen) atoms. The molecule has 1 fully saturated rings. The Bertz CT molecular complexity index is 619. The van der Waals surface area contributed by atoms with Crippen molar-refractivity contribution in [2.45, 2.75) is 18.9 Å². The van der Waals surface area contributed by atoms with E-state index in [2.05, 4.69) is 10.6 Å². The lowest BCUT2D eigenvalue weighted by molar-refractivity contribution is -0.117. The molecule has 0 spiro atoms. The first-order valence-corrected chi connectivity index (χ1v) is 6.50. The second-order valence-corrected chi connectivity index (χ2v) is 4.82. The Morgan fingerprint density at radius 1 is 1.21 bits per heavy atom. The largest absolute Gasteiger partial charge is 0.507 e. The van der Waals surface area contributed by atoms with Crippen LogP contribution in [0.2, 0.25) is 0 Å². The van der Waals surface area contributed by atoms with E-state index >= 15 is 0 Å². The molecule has 4 nitrogen and oxygen atoms in total. The monoisotopic (exact) mass is 256 g/mol. The van der Waals surface area contributed by atoms with Gasteiger partial charge in [0.2, 0.25) is 5.91 Å². The zero-order valence-corrected chi connectivity index (χ0v) is 10.5. The predicted octanol–water partition coefficient (Wildman–Crippen LogP) is 2.24. The van der Waals surface area contributed by atoms with Crippen molar-refractivity contribution < 1.29 is 9.90 Å².